The summed E-state index contributed by atoms with van der Waals surface area (Å²) in [6.45, 7) is 8.68. The molecule has 1 unspecified atom stereocenters. The van der Waals surface area contributed by atoms with E-state index in [2.05, 4.69) is 9.80 Å². The highest BCUT2D eigenvalue weighted by Gasteiger charge is 2.16. The molecule has 1 aliphatic rings. The molecule has 0 amide bonds. The van der Waals surface area contributed by atoms with Gasteiger partial charge in [-0.05, 0) is 26.4 Å². The van der Waals surface area contributed by atoms with Crippen molar-refractivity contribution >= 4 is 0 Å². The molecule has 0 aromatic carbocycles. The molecule has 1 aliphatic heterocycles. The number of hydrogen-bond donors (Lipinski definition) is 2. The fourth-order valence-electron chi connectivity index (χ4n) is 2.18. The first-order valence-corrected chi connectivity index (χ1v) is 6.57. The predicted octanol–water partition coefficient (Wildman–Crippen LogP) is -0.616. The third-order valence-corrected chi connectivity index (χ3v) is 3.08. The van der Waals surface area contributed by atoms with Crippen molar-refractivity contribution in [1.29, 1.82) is 0 Å². The van der Waals surface area contributed by atoms with Crippen LogP contribution in [0.25, 0.3) is 0 Å². The number of aliphatic hydroxyl groups excluding tert-OH is 2. The molecule has 5 nitrogen and oxygen atoms in total. The SMILES string of the molecule is CCOCC(O)CN1CCCN(CCO)CC1. The van der Waals surface area contributed by atoms with Crippen LogP contribution in [0.3, 0.4) is 0 Å². The van der Waals surface area contributed by atoms with Gasteiger partial charge in [-0.3, -0.25) is 9.80 Å². The quantitative estimate of drug-likeness (QED) is 0.627. The van der Waals surface area contributed by atoms with Crippen molar-refractivity contribution in [3.8, 4) is 0 Å². The van der Waals surface area contributed by atoms with Crippen molar-refractivity contribution in [1.82, 2.24) is 9.80 Å². The molecule has 5 heteroatoms. The molecule has 0 radical (unpaired) electrons. The molecule has 17 heavy (non-hydrogen) atoms. The fraction of sp³-hybridized carbons (Fsp3) is 1.00. The Morgan fingerprint density at radius 3 is 2.59 bits per heavy atom. The van der Waals surface area contributed by atoms with Gasteiger partial charge < -0.3 is 14.9 Å². The smallest absolute Gasteiger partial charge is 0.0900 e. The molecule has 1 saturated heterocycles. The molecule has 2 N–H and O–H groups in total. The van der Waals surface area contributed by atoms with Crippen LogP contribution in [0.5, 0.6) is 0 Å². The van der Waals surface area contributed by atoms with Gasteiger partial charge in [-0.15, -0.1) is 0 Å². The normalized spacial score (nSPS) is 21.4. The van der Waals surface area contributed by atoms with Crippen molar-refractivity contribution in [2.75, 3.05) is 59.1 Å². The summed E-state index contributed by atoms with van der Waals surface area (Å²) in [6, 6.07) is 0. The molecule has 0 aromatic heterocycles. The van der Waals surface area contributed by atoms with E-state index in [1.807, 2.05) is 6.92 Å². The van der Waals surface area contributed by atoms with E-state index in [0.717, 1.165) is 39.1 Å². The maximum atomic E-state index is 9.77. The topological polar surface area (TPSA) is 56.2 Å². The fourth-order valence-corrected chi connectivity index (χ4v) is 2.18. The minimum Gasteiger partial charge on any atom is -0.395 e. The molecule has 1 atom stereocenters. The van der Waals surface area contributed by atoms with E-state index in [1.54, 1.807) is 0 Å². The standard InChI is InChI=1S/C12H26N2O3/c1-2-17-11-12(16)10-14-5-3-4-13(6-7-14)8-9-15/h12,15-16H,2-11H2,1H3. The Labute approximate surface area is 104 Å². The van der Waals surface area contributed by atoms with Crippen molar-refractivity contribution in [3.63, 3.8) is 0 Å². The number of hydrogen-bond acceptors (Lipinski definition) is 5. The van der Waals surface area contributed by atoms with Crippen molar-refractivity contribution in [3.05, 3.63) is 0 Å². The van der Waals surface area contributed by atoms with E-state index in [0.29, 0.717) is 19.8 Å². The summed E-state index contributed by atoms with van der Waals surface area (Å²) in [4.78, 5) is 4.55. The predicted molar refractivity (Wildman–Crippen MR) is 67.1 cm³/mol. The monoisotopic (exact) mass is 246 g/mol. The molecule has 102 valence electrons. The van der Waals surface area contributed by atoms with Gasteiger partial charge in [-0.2, -0.15) is 0 Å². The van der Waals surface area contributed by atoms with Crippen molar-refractivity contribution in [2.24, 2.45) is 0 Å². The van der Waals surface area contributed by atoms with Crippen LogP contribution >= 0.6 is 0 Å². The van der Waals surface area contributed by atoms with Crippen LogP contribution in [0.15, 0.2) is 0 Å². The molecular formula is C12H26N2O3. The second-order valence-corrected chi connectivity index (χ2v) is 4.53. The summed E-state index contributed by atoms with van der Waals surface area (Å²) < 4.78 is 5.21. The Morgan fingerprint density at radius 2 is 1.88 bits per heavy atom. The number of rotatable bonds is 7. The van der Waals surface area contributed by atoms with E-state index in [-0.39, 0.29) is 12.7 Å². The van der Waals surface area contributed by atoms with E-state index in [9.17, 15) is 5.11 Å². The zero-order valence-electron chi connectivity index (χ0n) is 10.8. The first-order valence-electron chi connectivity index (χ1n) is 6.57. The van der Waals surface area contributed by atoms with E-state index >= 15 is 0 Å². The molecule has 1 rings (SSSR count). The van der Waals surface area contributed by atoms with Gasteiger partial charge in [0.05, 0.1) is 19.3 Å². The summed E-state index contributed by atoms with van der Waals surface area (Å²) in [5.74, 6) is 0. The van der Waals surface area contributed by atoms with Gasteiger partial charge in [0.15, 0.2) is 0 Å². The highest BCUT2D eigenvalue weighted by Crippen LogP contribution is 2.03. The van der Waals surface area contributed by atoms with Gasteiger partial charge in [0, 0.05) is 32.8 Å². The Hall–Kier alpha value is -0.200. The molecule has 0 bridgehead atoms. The third-order valence-electron chi connectivity index (χ3n) is 3.08. The average Bonchev–Trinajstić information content (AvgIpc) is 2.53. The maximum absolute atomic E-state index is 9.77. The van der Waals surface area contributed by atoms with Gasteiger partial charge in [0.25, 0.3) is 0 Å². The summed E-state index contributed by atoms with van der Waals surface area (Å²) >= 11 is 0. The summed E-state index contributed by atoms with van der Waals surface area (Å²) in [5.41, 5.74) is 0. The van der Waals surface area contributed by atoms with E-state index in [4.69, 9.17) is 9.84 Å². The Kier molecular flexibility index (Phi) is 7.72. The van der Waals surface area contributed by atoms with Gasteiger partial charge in [-0.25, -0.2) is 0 Å². The highest BCUT2D eigenvalue weighted by molar-refractivity contribution is 4.72. The highest BCUT2D eigenvalue weighted by atomic mass is 16.5. The molecule has 1 fully saturated rings. The van der Waals surface area contributed by atoms with Gasteiger partial charge in [-0.1, -0.05) is 0 Å². The lowest BCUT2D eigenvalue weighted by Crippen LogP contribution is -2.38. The summed E-state index contributed by atoms with van der Waals surface area (Å²) in [5, 5.41) is 18.7. The van der Waals surface area contributed by atoms with Gasteiger partial charge >= 0.3 is 0 Å². The van der Waals surface area contributed by atoms with Crippen LogP contribution < -0.4 is 0 Å². The van der Waals surface area contributed by atoms with Crippen LogP contribution in [0.1, 0.15) is 13.3 Å². The zero-order chi connectivity index (χ0) is 12.5. The van der Waals surface area contributed by atoms with E-state index < -0.39 is 0 Å². The second kappa shape index (κ2) is 8.83. The van der Waals surface area contributed by atoms with Crippen LogP contribution in [0.4, 0.5) is 0 Å². The molecule has 0 spiro atoms. The van der Waals surface area contributed by atoms with Gasteiger partial charge in [0.1, 0.15) is 0 Å². The number of ether oxygens (including phenoxy) is 1. The zero-order valence-corrected chi connectivity index (χ0v) is 10.8. The number of aliphatic hydroxyl groups is 2. The van der Waals surface area contributed by atoms with Crippen LogP contribution in [0, 0.1) is 0 Å². The molecule has 1 heterocycles. The van der Waals surface area contributed by atoms with Crippen LogP contribution in [0.2, 0.25) is 0 Å². The van der Waals surface area contributed by atoms with E-state index in [1.165, 1.54) is 0 Å². The Bertz CT molecular complexity index is 193. The molecule has 0 saturated carbocycles. The average molecular weight is 246 g/mol. The lowest BCUT2D eigenvalue weighted by molar-refractivity contribution is 0.0218. The molecule has 0 aliphatic carbocycles. The largest absolute Gasteiger partial charge is 0.395 e. The second-order valence-electron chi connectivity index (χ2n) is 4.53. The van der Waals surface area contributed by atoms with Crippen molar-refractivity contribution < 1.29 is 14.9 Å². The lowest BCUT2D eigenvalue weighted by Gasteiger charge is -2.23. The first kappa shape index (κ1) is 14.9. The maximum Gasteiger partial charge on any atom is 0.0900 e. The minimum atomic E-state index is -0.389. The lowest BCUT2D eigenvalue weighted by atomic mass is 10.3. The van der Waals surface area contributed by atoms with Crippen LogP contribution in [-0.2, 0) is 4.74 Å². The Morgan fingerprint density at radius 1 is 1.18 bits per heavy atom. The van der Waals surface area contributed by atoms with Crippen LogP contribution in [-0.4, -0.2) is 85.2 Å². The number of β-amino-alcohol motifs (C(OH)–C–C–N with tert-alkyl or cyclic N) is 2. The molecule has 0 aromatic rings. The summed E-state index contributed by atoms with van der Waals surface area (Å²) in [7, 11) is 0. The third kappa shape index (κ3) is 6.33. The first-order chi connectivity index (χ1) is 8.26. The van der Waals surface area contributed by atoms with Gasteiger partial charge in [0.2, 0.25) is 0 Å². The van der Waals surface area contributed by atoms with Crippen molar-refractivity contribution in [2.45, 2.75) is 19.4 Å². The number of nitrogens with zero attached hydrogens (tertiary/aromatic N) is 2. The molecular weight excluding hydrogens is 220 g/mol. The minimum absolute atomic E-state index is 0.229. The summed E-state index contributed by atoms with van der Waals surface area (Å²) in [6.07, 6.45) is 0.709. The Balaban J connectivity index is 2.21.